The molecule has 0 amide bonds. The first-order chi connectivity index (χ1) is 12.7. The van der Waals surface area contributed by atoms with Crippen molar-refractivity contribution in [1.29, 1.82) is 0 Å². The highest BCUT2D eigenvalue weighted by Gasteiger charge is 2.34. The number of aliphatic hydroxyl groups is 1. The van der Waals surface area contributed by atoms with Crippen molar-refractivity contribution >= 4 is 15.9 Å². The summed E-state index contributed by atoms with van der Waals surface area (Å²) in [7, 11) is -4.36. The fourth-order valence-electron chi connectivity index (χ4n) is 3.06. The number of unbranched alkanes of at least 4 members (excludes halogenated alkanes) is 11. The molecule has 6 heteroatoms. The molecule has 0 aromatic heterocycles. The normalized spacial score (nSPS) is 14.5. The monoisotopic (exact) mass is 404 g/mol. The summed E-state index contributed by atoms with van der Waals surface area (Å²) < 4.78 is 30.4. The second kappa shape index (κ2) is 15.2. The van der Waals surface area contributed by atoms with Crippen molar-refractivity contribution in [2.75, 3.05) is 5.75 Å². The summed E-state index contributed by atoms with van der Waals surface area (Å²) in [4.78, 5) is 11.8. The summed E-state index contributed by atoms with van der Waals surface area (Å²) in [6.45, 7) is 3.38. The van der Waals surface area contributed by atoms with Gasteiger partial charge in [-0.1, -0.05) is 70.4 Å². The van der Waals surface area contributed by atoms with E-state index in [9.17, 15) is 18.3 Å². The van der Waals surface area contributed by atoms with Crippen molar-refractivity contribution in [3.63, 3.8) is 0 Å². The van der Waals surface area contributed by atoms with Gasteiger partial charge in [-0.2, -0.15) is 8.42 Å². The SMILES string of the molecule is CCCCCCCC/C=C\CCCCCCCC(=O)C(C)(O)CS(=O)(=O)O. The van der Waals surface area contributed by atoms with Gasteiger partial charge in [0, 0.05) is 6.42 Å². The smallest absolute Gasteiger partial charge is 0.268 e. The van der Waals surface area contributed by atoms with Crippen LogP contribution in [0.1, 0.15) is 104 Å². The zero-order valence-corrected chi connectivity index (χ0v) is 18.1. The van der Waals surface area contributed by atoms with E-state index >= 15 is 0 Å². The molecule has 160 valence electrons. The Morgan fingerprint density at radius 2 is 1.30 bits per heavy atom. The third-order valence-corrected chi connectivity index (χ3v) is 5.66. The minimum atomic E-state index is -4.36. The number of Topliss-reactive ketones (excluding diaryl/α,β-unsaturated/α-hetero) is 1. The maximum absolute atomic E-state index is 11.8. The number of ketones is 1. The van der Waals surface area contributed by atoms with Gasteiger partial charge < -0.3 is 5.11 Å². The molecule has 0 aliphatic carbocycles. The van der Waals surface area contributed by atoms with Crippen LogP contribution in [0.25, 0.3) is 0 Å². The van der Waals surface area contributed by atoms with Crippen molar-refractivity contribution < 1.29 is 22.9 Å². The predicted octanol–water partition coefficient (Wildman–Crippen LogP) is 5.23. The third-order valence-electron chi connectivity index (χ3n) is 4.73. The van der Waals surface area contributed by atoms with E-state index in [0.717, 1.165) is 39.0 Å². The van der Waals surface area contributed by atoms with Crippen LogP contribution in [0.4, 0.5) is 0 Å². The van der Waals surface area contributed by atoms with Gasteiger partial charge in [0.1, 0.15) is 11.4 Å². The van der Waals surface area contributed by atoms with Crippen LogP contribution in [0.5, 0.6) is 0 Å². The van der Waals surface area contributed by atoms with E-state index in [-0.39, 0.29) is 6.42 Å². The molecule has 0 bridgehead atoms. The highest BCUT2D eigenvalue weighted by Crippen LogP contribution is 2.15. The largest absolute Gasteiger partial charge is 0.381 e. The molecule has 2 N–H and O–H groups in total. The fraction of sp³-hybridized carbons (Fsp3) is 0.857. The molecule has 27 heavy (non-hydrogen) atoms. The van der Waals surface area contributed by atoms with Gasteiger partial charge in [-0.15, -0.1) is 0 Å². The second-order valence-corrected chi connectivity index (χ2v) is 9.21. The quantitative estimate of drug-likeness (QED) is 0.185. The standard InChI is InChI=1S/C21H40O5S/c1-3-4-5-6-7-8-9-10-11-12-13-14-15-16-17-18-20(22)21(2,23)19-27(24,25)26/h10-11,23H,3-9,12-19H2,1-2H3,(H,24,25,26)/b11-10-. The molecule has 0 saturated carbocycles. The van der Waals surface area contributed by atoms with Crippen molar-refractivity contribution in [2.24, 2.45) is 0 Å². The molecule has 0 spiro atoms. The first kappa shape index (κ1) is 26.3. The lowest BCUT2D eigenvalue weighted by atomic mass is 9.97. The van der Waals surface area contributed by atoms with Crippen molar-refractivity contribution in [1.82, 2.24) is 0 Å². The highest BCUT2D eigenvalue weighted by molar-refractivity contribution is 7.85. The second-order valence-electron chi connectivity index (χ2n) is 7.76. The Balaban J connectivity index is 3.54. The summed E-state index contributed by atoms with van der Waals surface area (Å²) in [6.07, 6.45) is 19.8. The van der Waals surface area contributed by atoms with E-state index in [0.29, 0.717) is 6.42 Å². The van der Waals surface area contributed by atoms with E-state index in [1.165, 1.54) is 44.9 Å². The van der Waals surface area contributed by atoms with E-state index in [4.69, 9.17) is 4.55 Å². The Bertz CT molecular complexity index is 509. The molecule has 0 aromatic rings. The topological polar surface area (TPSA) is 91.7 Å². The molecular weight excluding hydrogens is 364 g/mol. The minimum absolute atomic E-state index is 0.140. The Morgan fingerprint density at radius 1 is 0.852 bits per heavy atom. The lowest BCUT2D eigenvalue weighted by Crippen LogP contribution is -2.41. The molecule has 1 atom stereocenters. The van der Waals surface area contributed by atoms with Crippen molar-refractivity contribution in [3.05, 3.63) is 12.2 Å². The summed E-state index contributed by atoms with van der Waals surface area (Å²) in [5, 5.41) is 9.84. The molecule has 0 aromatic carbocycles. The van der Waals surface area contributed by atoms with Crippen LogP contribution in [0.15, 0.2) is 12.2 Å². The van der Waals surface area contributed by atoms with Crippen molar-refractivity contribution in [3.8, 4) is 0 Å². The Labute approximate surface area is 166 Å². The molecule has 0 radical (unpaired) electrons. The number of allylic oxidation sites excluding steroid dienone is 2. The van der Waals surface area contributed by atoms with Crippen LogP contribution in [0.2, 0.25) is 0 Å². The van der Waals surface area contributed by atoms with Crippen LogP contribution >= 0.6 is 0 Å². The van der Waals surface area contributed by atoms with Crippen LogP contribution in [-0.2, 0) is 14.9 Å². The number of hydrogen-bond donors (Lipinski definition) is 2. The predicted molar refractivity (Wildman–Crippen MR) is 111 cm³/mol. The lowest BCUT2D eigenvalue weighted by Gasteiger charge is -2.19. The highest BCUT2D eigenvalue weighted by atomic mass is 32.2. The molecule has 0 aliphatic heterocycles. The molecular formula is C21H40O5S. The Hall–Kier alpha value is -0.720. The van der Waals surface area contributed by atoms with Crippen LogP contribution in [0, 0.1) is 0 Å². The van der Waals surface area contributed by atoms with Gasteiger partial charge in [0.15, 0.2) is 5.78 Å². The molecule has 0 fully saturated rings. The van der Waals surface area contributed by atoms with Gasteiger partial charge in [0.25, 0.3) is 10.1 Å². The third kappa shape index (κ3) is 17.1. The van der Waals surface area contributed by atoms with E-state index < -0.39 is 27.3 Å². The first-order valence-electron chi connectivity index (χ1n) is 10.5. The van der Waals surface area contributed by atoms with Gasteiger partial charge >= 0.3 is 0 Å². The summed E-state index contributed by atoms with van der Waals surface area (Å²) >= 11 is 0. The summed E-state index contributed by atoms with van der Waals surface area (Å²) in [5.74, 6) is -1.47. The van der Waals surface area contributed by atoms with Crippen LogP contribution in [0.3, 0.4) is 0 Å². The summed E-state index contributed by atoms with van der Waals surface area (Å²) in [6, 6.07) is 0. The number of rotatable bonds is 18. The molecule has 0 aliphatic rings. The van der Waals surface area contributed by atoms with Crippen LogP contribution in [-0.4, -0.2) is 35.2 Å². The maximum atomic E-state index is 11.8. The first-order valence-corrected chi connectivity index (χ1v) is 12.2. The molecule has 0 rings (SSSR count). The van der Waals surface area contributed by atoms with Gasteiger partial charge in [0.2, 0.25) is 0 Å². The number of hydrogen-bond acceptors (Lipinski definition) is 4. The van der Waals surface area contributed by atoms with Gasteiger partial charge in [-0.3, -0.25) is 9.35 Å². The lowest BCUT2D eigenvalue weighted by molar-refractivity contribution is -0.133. The Morgan fingerprint density at radius 3 is 1.78 bits per heavy atom. The van der Waals surface area contributed by atoms with E-state index in [1.54, 1.807) is 0 Å². The van der Waals surface area contributed by atoms with E-state index in [1.807, 2.05) is 0 Å². The molecule has 5 nitrogen and oxygen atoms in total. The molecule has 1 unspecified atom stereocenters. The van der Waals surface area contributed by atoms with Crippen molar-refractivity contribution in [2.45, 2.75) is 109 Å². The number of carbonyl (C=O) groups is 1. The van der Waals surface area contributed by atoms with Gasteiger partial charge in [-0.05, 0) is 39.0 Å². The molecule has 0 heterocycles. The van der Waals surface area contributed by atoms with E-state index in [2.05, 4.69) is 19.1 Å². The van der Waals surface area contributed by atoms with Gasteiger partial charge in [-0.25, -0.2) is 0 Å². The fourth-order valence-corrected chi connectivity index (χ4v) is 3.93. The average molecular weight is 405 g/mol. The summed E-state index contributed by atoms with van der Waals surface area (Å²) in [5.41, 5.74) is -2.01. The van der Waals surface area contributed by atoms with Gasteiger partial charge in [0.05, 0.1) is 0 Å². The minimum Gasteiger partial charge on any atom is -0.381 e. The molecule has 0 saturated heterocycles. The number of carbonyl (C=O) groups excluding carboxylic acids is 1. The zero-order chi connectivity index (χ0) is 20.6. The van der Waals surface area contributed by atoms with Crippen LogP contribution < -0.4 is 0 Å². The average Bonchev–Trinajstić information content (AvgIpc) is 2.56. The maximum Gasteiger partial charge on any atom is 0.268 e. The Kier molecular flexibility index (Phi) is 14.8. The zero-order valence-electron chi connectivity index (χ0n) is 17.3.